The number of carbonyl (C=O) groups excluding carboxylic acids is 1. The number of carbonyl (C=O) groups is 1. The molecule has 87 heavy (non-hydrogen) atoms. The van der Waals surface area contributed by atoms with E-state index >= 15 is 0 Å². The van der Waals surface area contributed by atoms with Crippen LogP contribution in [0.15, 0.2) is 48.6 Å². The lowest BCUT2D eigenvalue weighted by atomic mass is 9.96. The SMILES string of the molecule is CCCCCC/C=C\C/C=C\CCCCCCCC(=O)NC(COC1OC(CO)C(OC2OC(CO)C(OC3OC(CO)C(O)C(O)C3O)C(O)C2O)C(O)C1O)C(O)/C=C/CC/C=C/CCCCCCCCCCCCCCCCCCCCCC. The Morgan fingerprint density at radius 1 is 0.414 bits per heavy atom. The number of nitrogens with one attached hydrogen (secondary N) is 1. The van der Waals surface area contributed by atoms with Gasteiger partial charge in [-0.1, -0.05) is 223 Å². The number of allylic oxidation sites excluding steroid dienone is 7. The average molecular weight is 1240 g/mol. The fraction of sp³-hybridized carbons (Fsp3) is 0.868. The Kier molecular flexibility index (Phi) is 45.7. The quantitative estimate of drug-likeness (QED) is 0.0200. The molecule has 19 nitrogen and oxygen atoms in total. The molecule has 3 heterocycles. The molecule has 12 N–H and O–H groups in total. The van der Waals surface area contributed by atoms with E-state index < -0.39 is 124 Å². The minimum atomic E-state index is -1.98. The number of ether oxygens (including phenoxy) is 6. The van der Waals surface area contributed by atoms with Crippen LogP contribution in [0.3, 0.4) is 0 Å². The van der Waals surface area contributed by atoms with E-state index in [1.54, 1.807) is 6.08 Å². The first kappa shape index (κ1) is 79.0. The number of hydrogen-bond acceptors (Lipinski definition) is 18. The maximum Gasteiger partial charge on any atom is 0.220 e. The predicted octanol–water partition coefficient (Wildman–Crippen LogP) is 8.61. The van der Waals surface area contributed by atoms with E-state index in [9.17, 15) is 61.0 Å². The van der Waals surface area contributed by atoms with Crippen molar-refractivity contribution in [3.63, 3.8) is 0 Å². The predicted molar refractivity (Wildman–Crippen MR) is 337 cm³/mol. The summed E-state index contributed by atoms with van der Waals surface area (Å²) >= 11 is 0. The second kappa shape index (κ2) is 50.3. The Balaban J connectivity index is 1.45. The first-order chi connectivity index (χ1) is 42.3. The molecular formula is C68H123NO18. The van der Waals surface area contributed by atoms with Crippen molar-refractivity contribution in [2.45, 2.75) is 349 Å². The Morgan fingerprint density at radius 2 is 0.770 bits per heavy atom. The van der Waals surface area contributed by atoms with E-state index in [1.165, 1.54) is 148 Å². The normalized spacial score (nSPS) is 28.9. The van der Waals surface area contributed by atoms with Crippen molar-refractivity contribution < 1.29 is 89.4 Å². The topological polar surface area (TPSA) is 307 Å². The van der Waals surface area contributed by atoms with Crippen molar-refractivity contribution in [2.24, 2.45) is 0 Å². The molecular weight excluding hydrogens is 1120 g/mol. The lowest BCUT2D eigenvalue weighted by Gasteiger charge is -2.48. The van der Waals surface area contributed by atoms with Gasteiger partial charge in [0.2, 0.25) is 5.91 Å². The van der Waals surface area contributed by atoms with E-state index in [4.69, 9.17) is 28.4 Å². The molecule has 0 aromatic carbocycles. The lowest BCUT2D eigenvalue weighted by molar-refractivity contribution is -0.379. The molecule has 3 saturated heterocycles. The average Bonchev–Trinajstić information content (AvgIpc) is 2.88. The summed E-state index contributed by atoms with van der Waals surface area (Å²) < 4.78 is 34.3. The monoisotopic (exact) mass is 1240 g/mol. The molecule has 0 bridgehead atoms. The van der Waals surface area contributed by atoms with Gasteiger partial charge in [-0.25, -0.2) is 0 Å². The smallest absolute Gasteiger partial charge is 0.220 e. The highest BCUT2D eigenvalue weighted by atomic mass is 16.8. The van der Waals surface area contributed by atoms with Gasteiger partial charge in [0.15, 0.2) is 18.9 Å². The van der Waals surface area contributed by atoms with Crippen LogP contribution in [-0.2, 0) is 33.2 Å². The fourth-order valence-electron chi connectivity index (χ4n) is 11.5. The third kappa shape index (κ3) is 32.7. The standard InChI is InChI=1S/C68H123NO18/c1-3-5-7-9-11-13-15-17-19-21-22-23-24-25-26-27-28-29-30-31-33-35-37-39-41-43-45-52(73)51(69-56(74)46-44-42-40-38-36-34-32-20-18-16-14-12-10-8-6-4-2)50-82-66-62(80)59(77)64(54(48-71)84-66)87-68-63(81)60(78)65(55(49-72)85-68)86-67-61(79)58(76)57(75)53(47-70)83-67/h14,16,20,32,35,37,43,45,51-55,57-68,70-73,75-81H,3-13,15,17-19,21-31,33-34,36,38-42,44,46-50H2,1-2H3,(H,69,74)/b16-14-,32-20-,37-35+,45-43+. The van der Waals surface area contributed by atoms with Crippen molar-refractivity contribution >= 4 is 5.91 Å². The van der Waals surface area contributed by atoms with Crippen LogP contribution in [-0.4, -0.2) is 193 Å². The number of aliphatic hydroxyl groups is 11. The van der Waals surface area contributed by atoms with E-state index in [0.29, 0.717) is 12.8 Å². The Bertz CT molecular complexity index is 1770. The van der Waals surface area contributed by atoms with Gasteiger partial charge in [0.05, 0.1) is 38.6 Å². The highest BCUT2D eigenvalue weighted by Crippen LogP contribution is 2.33. The van der Waals surface area contributed by atoms with Crippen molar-refractivity contribution in [1.29, 1.82) is 0 Å². The van der Waals surface area contributed by atoms with Crippen LogP contribution in [0.1, 0.15) is 245 Å². The summed E-state index contributed by atoms with van der Waals surface area (Å²) in [6, 6.07) is -0.999. The van der Waals surface area contributed by atoms with Crippen molar-refractivity contribution in [3.05, 3.63) is 48.6 Å². The molecule has 0 aromatic rings. The third-order valence-electron chi connectivity index (χ3n) is 17.1. The maximum atomic E-state index is 13.4. The molecule has 17 atom stereocenters. The van der Waals surface area contributed by atoms with Crippen LogP contribution in [0.5, 0.6) is 0 Å². The zero-order valence-corrected chi connectivity index (χ0v) is 53.5. The minimum Gasteiger partial charge on any atom is -0.394 e. The first-order valence-electron chi connectivity index (χ1n) is 34.4. The van der Waals surface area contributed by atoms with Gasteiger partial charge in [-0.3, -0.25) is 4.79 Å². The molecule has 1 amide bonds. The highest BCUT2D eigenvalue weighted by Gasteiger charge is 2.53. The summed E-state index contributed by atoms with van der Waals surface area (Å²) in [4.78, 5) is 13.4. The molecule has 3 rings (SSSR count). The van der Waals surface area contributed by atoms with Crippen LogP contribution in [0.2, 0.25) is 0 Å². The molecule has 0 saturated carbocycles. The lowest BCUT2D eigenvalue weighted by Crippen LogP contribution is -2.66. The zero-order chi connectivity index (χ0) is 63.3. The highest BCUT2D eigenvalue weighted by molar-refractivity contribution is 5.76. The summed E-state index contributed by atoms with van der Waals surface area (Å²) in [5.74, 6) is -0.299. The number of aliphatic hydroxyl groups excluding tert-OH is 11. The molecule has 3 aliphatic heterocycles. The molecule has 0 radical (unpaired) electrons. The van der Waals surface area contributed by atoms with E-state index in [-0.39, 0.29) is 18.9 Å². The summed E-state index contributed by atoms with van der Waals surface area (Å²) in [7, 11) is 0. The van der Waals surface area contributed by atoms with Crippen LogP contribution in [0.4, 0.5) is 0 Å². The molecule has 0 aliphatic carbocycles. The largest absolute Gasteiger partial charge is 0.394 e. The van der Waals surface area contributed by atoms with Crippen LogP contribution in [0.25, 0.3) is 0 Å². The molecule has 3 aliphatic rings. The Labute approximate surface area is 523 Å². The summed E-state index contributed by atoms with van der Waals surface area (Å²) in [5, 5.41) is 120. The Morgan fingerprint density at radius 3 is 1.23 bits per heavy atom. The summed E-state index contributed by atoms with van der Waals surface area (Å²) in [6.45, 7) is 1.69. The fourth-order valence-corrected chi connectivity index (χ4v) is 11.5. The van der Waals surface area contributed by atoms with Gasteiger partial charge in [0.1, 0.15) is 73.2 Å². The van der Waals surface area contributed by atoms with Crippen molar-refractivity contribution in [1.82, 2.24) is 5.32 Å². The molecule has 17 unspecified atom stereocenters. The second-order valence-corrected chi connectivity index (χ2v) is 24.6. The van der Waals surface area contributed by atoms with Crippen LogP contribution >= 0.6 is 0 Å². The molecule has 0 spiro atoms. The minimum absolute atomic E-state index is 0.219. The van der Waals surface area contributed by atoms with E-state index in [0.717, 1.165) is 64.2 Å². The molecule has 19 heteroatoms. The number of hydrogen-bond donors (Lipinski definition) is 12. The van der Waals surface area contributed by atoms with E-state index in [1.807, 2.05) is 6.08 Å². The van der Waals surface area contributed by atoms with Gasteiger partial charge in [0.25, 0.3) is 0 Å². The number of unbranched alkanes of at least 4 members (excludes halogenated alkanes) is 30. The van der Waals surface area contributed by atoms with Gasteiger partial charge in [-0.05, 0) is 64.2 Å². The molecule has 508 valence electrons. The van der Waals surface area contributed by atoms with Gasteiger partial charge < -0.3 is 89.9 Å². The first-order valence-corrected chi connectivity index (χ1v) is 34.4. The maximum absolute atomic E-state index is 13.4. The number of amides is 1. The Hall–Kier alpha value is -2.25. The summed E-state index contributed by atoms with van der Waals surface area (Å²) in [5.41, 5.74) is 0. The van der Waals surface area contributed by atoms with Crippen molar-refractivity contribution in [2.75, 3.05) is 26.4 Å². The van der Waals surface area contributed by atoms with Crippen molar-refractivity contribution in [3.8, 4) is 0 Å². The molecule has 0 aromatic heterocycles. The van der Waals surface area contributed by atoms with Gasteiger partial charge >= 0.3 is 0 Å². The zero-order valence-electron chi connectivity index (χ0n) is 53.5. The molecule has 3 fully saturated rings. The van der Waals surface area contributed by atoms with E-state index in [2.05, 4.69) is 55.6 Å². The van der Waals surface area contributed by atoms with Gasteiger partial charge in [0, 0.05) is 6.42 Å². The van der Waals surface area contributed by atoms with Crippen LogP contribution < -0.4 is 5.32 Å². The van der Waals surface area contributed by atoms with Gasteiger partial charge in [-0.2, -0.15) is 0 Å². The van der Waals surface area contributed by atoms with Crippen LogP contribution in [0, 0.1) is 0 Å². The summed E-state index contributed by atoms with van der Waals surface area (Å²) in [6.07, 6.45) is 32.4. The van der Waals surface area contributed by atoms with Gasteiger partial charge in [-0.15, -0.1) is 0 Å². The third-order valence-corrected chi connectivity index (χ3v) is 17.1. The number of rotatable bonds is 52. The second-order valence-electron chi connectivity index (χ2n) is 24.6.